The van der Waals surface area contributed by atoms with E-state index in [-0.39, 0.29) is 0 Å². The van der Waals surface area contributed by atoms with Crippen molar-refractivity contribution in [1.29, 1.82) is 0 Å². The van der Waals surface area contributed by atoms with Crippen LogP contribution in [0.15, 0.2) is 12.1 Å². The van der Waals surface area contributed by atoms with Gasteiger partial charge in [-0.25, -0.2) is 0 Å². The molecule has 0 radical (unpaired) electrons. The van der Waals surface area contributed by atoms with Gasteiger partial charge in [0.15, 0.2) is 0 Å². The molecule has 1 nitrogen and oxygen atoms in total. The second kappa shape index (κ2) is 5.49. The van der Waals surface area contributed by atoms with Crippen molar-refractivity contribution in [2.24, 2.45) is 0 Å². The minimum atomic E-state index is 0.621. The molecule has 0 spiro atoms. The van der Waals surface area contributed by atoms with Crippen molar-refractivity contribution in [1.82, 2.24) is 4.90 Å². The van der Waals surface area contributed by atoms with E-state index in [1.165, 1.54) is 22.3 Å². The second-order valence-corrected chi connectivity index (χ2v) is 5.23. The van der Waals surface area contributed by atoms with Crippen molar-refractivity contribution in [2.45, 2.75) is 46.6 Å². The fourth-order valence-corrected chi connectivity index (χ4v) is 2.38. The summed E-state index contributed by atoms with van der Waals surface area (Å²) in [6.45, 7) is 10.1. The van der Waals surface area contributed by atoms with E-state index in [4.69, 9.17) is 0 Å². The van der Waals surface area contributed by atoms with Crippen molar-refractivity contribution < 1.29 is 0 Å². The lowest BCUT2D eigenvalue weighted by Gasteiger charge is -2.18. The Hall–Kier alpha value is -0.820. The van der Waals surface area contributed by atoms with E-state index in [1.54, 1.807) is 0 Å². The number of benzene rings is 1. The average molecular weight is 219 g/mol. The molecule has 0 aromatic heterocycles. The van der Waals surface area contributed by atoms with E-state index < -0.39 is 0 Å². The highest BCUT2D eigenvalue weighted by Crippen LogP contribution is 2.25. The molecule has 0 atom stereocenters. The van der Waals surface area contributed by atoms with Gasteiger partial charge >= 0.3 is 0 Å². The van der Waals surface area contributed by atoms with Crippen molar-refractivity contribution in [3.05, 3.63) is 34.4 Å². The molecule has 0 amide bonds. The van der Waals surface area contributed by atoms with E-state index in [0.29, 0.717) is 5.92 Å². The van der Waals surface area contributed by atoms with Crippen LogP contribution >= 0.6 is 0 Å². The molecule has 0 aliphatic heterocycles. The first-order valence-electron chi connectivity index (χ1n) is 6.22. The summed E-state index contributed by atoms with van der Waals surface area (Å²) in [6.07, 6.45) is 1.14. The van der Waals surface area contributed by atoms with Gasteiger partial charge in [-0.05, 0) is 55.6 Å². The summed E-state index contributed by atoms with van der Waals surface area (Å²) in [5, 5.41) is 0. The molecule has 1 aromatic rings. The molecule has 1 aromatic carbocycles. The van der Waals surface area contributed by atoms with Gasteiger partial charge in [0, 0.05) is 6.54 Å². The minimum Gasteiger partial charge on any atom is -0.305 e. The van der Waals surface area contributed by atoms with E-state index in [9.17, 15) is 0 Å². The third-order valence-corrected chi connectivity index (χ3v) is 3.04. The van der Waals surface area contributed by atoms with Crippen LogP contribution in [0.1, 0.15) is 48.9 Å². The maximum absolute atomic E-state index is 2.39. The summed E-state index contributed by atoms with van der Waals surface area (Å²) in [5.41, 5.74) is 5.95. The molecule has 1 heteroatoms. The molecule has 0 bridgehead atoms. The quantitative estimate of drug-likeness (QED) is 0.745. The molecule has 16 heavy (non-hydrogen) atoms. The molecular weight excluding hydrogens is 194 g/mol. The lowest BCUT2D eigenvalue weighted by atomic mass is 9.90. The Bertz CT molecular complexity index is 351. The summed E-state index contributed by atoms with van der Waals surface area (Å²) < 4.78 is 0. The van der Waals surface area contributed by atoms with Crippen molar-refractivity contribution in [3.8, 4) is 0 Å². The fraction of sp³-hybridized carbons (Fsp3) is 0.600. The van der Waals surface area contributed by atoms with Gasteiger partial charge in [-0.1, -0.05) is 32.9 Å². The number of aryl methyl sites for hydroxylation is 1. The Balaban J connectivity index is 3.17. The van der Waals surface area contributed by atoms with Crippen LogP contribution in [0.2, 0.25) is 0 Å². The van der Waals surface area contributed by atoms with E-state index in [1.807, 2.05) is 0 Å². The van der Waals surface area contributed by atoms with E-state index >= 15 is 0 Å². The molecule has 0 heterocycles. The normalized spacial score (nSPS) is 11.5. The average Bonchev–Trinajstić information content (AvgIpc) is 2.15. The number of rotatable bonds is 4. The van der Waals surface area contributed by atoms with Crippen LogP contribution < -0.4 is 0 Å². The van der Waals surface area contributed by atoms with Gasteiger partial charge in [0.25, 0.3) is 0 Å². The van der Waals surface area contributed by atoms with Gasteiger partial charge in [0.1, 0.15) is 0 Å². The zero-order valence-corrected chi connectivity index (χ0v) is 11.6. The van der Waals surface area contributed by atoms with Gasteiger partial charge in [0.2, 0.25) is 0 Å². The fourth-order valence-electron chi connectivity index (χ4n) is 2.38. The zero-order chi connectivity index (χ0) is 12.3. The Morgan fingerprint density at radius 1 is 1.19 bits per heavy atom. The topological polar surface area (TPSA) is 3.24 Å². The van der Waals surface area contributed by atoms with Gasteiger partial charge in [-0.2, -0.15) is 0 Å². The van der Waals surface area contributed by atoms with E-state index in [0.717, 1.165) is 13.0 Å². The lowest BCUT2D eigenvalue weighted by molar-refractivity contribution is 0.402. The third-order valence-electron chi connectivity index (χ3n) is 3.04. The second-order valence-electron chi connectivity index (χ2n) is 5.23. The molecule has 1 rings (SSSR count). The molecule has 0 saturated carbocycles. The summed E-state index contributed by atoms with van der Waals surface area (Å²) in [5.74, 6) is 0.621. The van der Waals surface area contributed by atoms with Crippen molar-refractivity contribution in [2.75, 3.05) is 14.1 Å². The molecule has 0 fully saturated rings. The SMILES string of the molecule is CCc1c(C)cc(CN(C)C)cc1C(C)C. The Morgan fingerprint density at radius 3 is 2.25 bits per heavy atom. The predicted molar refractivity (Wildman–Crippen MR) is 72.0 cm³/mol. The van der Waals surface area contributed by atoms with Crippen molar-refractivity contribution >= 4 is 0 Å². The van der Waals surface area contributed by atoms with E-state index in [2.05, 4.69) is 58.8 Å². The molecule has 0 aliphatic rings. The lowest BCUT2D eigenvalue weighted by Crippen LogP contribution is -2.12. The van der Waals surface area contributed by atoms with Gasteiger partial charge in [-0.15, -0.1) is 0 Å². The Kier molecular flexibility index (Phi) is 4.55. The largest absolute Gasteiger partial charge is 0.305 e. The summed E-state index contributed by atoms with van der Waals surface area (Å²) in [6, 6.07) is 4.72. The first-order chi connectivity index (χ1) is 7.45. The standard InChI is InChI=1S/C15H25N/c1-7-14-12(4)8-13(10-16(5)6)9-15(14)11(2)3/h8-9,11H,7,10H2,1-6H3. The Morgan fingerprint density at radius 2 is 1.81 bits per heavy atom. The maximum atomic E-state index is 2.39. The van der Waals surface area contributed by atoms with Crippen LogP contribution in [0.5, 0.6) is 0 Å². The smallest absolute Gasteiger partial charge is 0.0227 e. The van der Waals surface area contributed by atoms with Crippen LogP contribution in [0.4, 0.5) is 0 Å². The number of nitrogens with zero attached hydrogens (tertiary/aromatic N) is 1. The highest BCUT2D eigenvalue weighted by molar-refractivity contribution is 5.40. The minimum absolute atomic E-state index is 0.621. The molecule has 0 aliphatic carbocycles. The van der Waals surface area contributed by atoms with Gasteiger partial charge in [0.05, 0.1) is 0 Å². The Labute approximate surface area is 100 Å². The molecule has 0 N–H and O–H groups in total. The van der Waals surface area contributed by atoms with Gasteiger partial charge < -0.3 is 4.90 Å². The summed E-state index contributed by atoms with van der Waals surface area (Å²) in [7, 11) is 4.25. The first-order valence-corrected chi connectivity index (χ1v) is 6.22. The van der Waals surface area contributed by atoms with Crippen LogP contribution in [-0.2, 0) is 13.0 Å². The van der Waals surface area contributed by atoms with Crippen LogP contribution in [0, 0.1) is 6.92 Å². The maximum Gasteiger partial charge on any atom is 0.0227 e. The number of hydrogen-bond donors (Lipinski definition) is 0. The summed E-state index contributed by atoms with van der Waals surface area (Å²) in [4.78, 5) is 2.23. The molecular formula is C15H25N. The third kappa shape index (κ3) is 3.08. The van der Waals surface area contributed by atoms with Crippen LogP contribution in [0.3, 0.4) is 0 Å². The predicted octanol–water partition coefficient (Wildman–Crippen LogP) is 3.74. The first kappa shape index (κ1) is 13.2. The molecule has 90 valence electrons. The summed E-state index contributed by atoms with van der Waals surface area (Å²) >= 11 is 0. The van der Waals surface area contributed by atoms with Crippen LogP contribution in [0.25, 0.3) is 0 Å². The van der Waals surface area contributed by atoms with Crippen LogP contribution in [-0.4, -0.2) is 19.0 Å². The monoisotopic (exact) mass is 219 g/mol. The zero-order valence-electron chi connectivity index (χ0n) is 11.6. The molecule has 0 unspecified atom stereocenters. The molecule has 0 saturated heterocycles. The van der Waals surface area contributed by atoms with Gasteiger partial charge in [-0.3, -0.25) is 0 Å². The number of hydrogen-bond acceptors (Lipinski definition) is 1. The van der Waals surface area contributed by atoms with Crippen molar-refractivity contribution in [3.63, 3.8) is 0 Å². The highest BCUT2D eigenvalue weighted by Gasteiger charge is 2.10. The highest BCUT2D eigenvalue weighted by atomic mass is 15.0.